The summed E-state index contributed by atoms with van der Waals surface area (Å²) in [6.45, 7) is 5.27. The Morgan fingerprint density at radius 3 is 1.33 bits per heavy atom. The zero-order valence-electron chi connectivity index (χ0n) is 34.2. The lowest BCUT2D eigenvalue weighted by Crippen LogP contribution is -2.50. The van der Waals surface area contributed by atoms with Crippen molar-refractivity contribution in [1.29, 1.82) is 0 Å². The van der Waals surface area contributed by atoms with Gasteiger partial charge in [-0.15, -0.1) is 0 Å². The molecule has 2 aliphatic rings. The van der Waals surface area contributed by atoms with Crippen molar-refractivity contribution in [3.8, 4) is 33.6 Å². The molecule has 2 fully saturated rings. The molecule has 4 N–H and O–H groups in total. The van der Waals surface area contributed by atoms with E-state index in [4.69, 9.17) is 19.4 Å². The third-order valence-electron chi connectivity index (χ3n) is 11.6. The number of aromatic nitrogens is 8. The zero-order valence-corrected chi connectivity index (χ0v) is 34.2. The van der Waals surface area contributed by atoms with E-state index in [1.54, 1.807) is 51.1 Å². The van der Waals surface area contributed by atoms with E-state index in [9.17, 15) is 9.59 Å². The van der Waals surface area contributed by atoms with Gasteiger partial charge >= 0.3 is 0 Å². The molecule has 16 nitrogen and oxygen atoms in total. The Labute approximate surface area is 348 Å². The normalized spacial score (nSPS) is 19.1. The van der Waals surface area contributed by atoms with Crippen LogP contribution in [0.15, 0.2) is 97.8 Å². The van der Waals surface area contributed by atoms with Crippen molar-refractivity contribution < 1.29 is 19.1 Å². The van der Waals surface area contributed by atoms with Gasteiger partial charge < -0.3 is 19.4 Å². The van der Waals surface area contributed by atoms with Gasteiger partial charge in [-0.3, -0.25) is 30.0 Å². The van der Waals surface area contributed by atoms with Crippen LogP contribution in [0.2, 0.25) is 0 Å². The number of hydrogen-bond acceptors (Lipinski definition) is 12. The molecule has 60 heavy (non-hydrogen) atoms. The van der Waals surface area contributed by atoms with Gasteiger partial charge in [0.2, 0.25) is 23.7 Å². The summed E-state index contributed by atoms with van der Waals surface area (Å²) >= 11 is 0. The van der Waals surface area contributed by atoms with E-state index in [1.807, 2.05) is 26.2 Å². The monoisotopic (exact) mass is 810 g/mol. The van der Waals surface area contributed by atoms with Gasteiger partial charge in [0.15, 0.2) is 0 Å². The molecule has 6 atom stereocenters. The van der Waals surface area contributed by atoms with Gasteiger partial charge in [0, 0.05) is 39.0 Å². The van der Waals surface area contributed by atoms with Gasteiger partial charge in [-0.25, -0.2) is 29.9 Å². The molecule has 2 aromatic carbocycles. The minimum Gasteiger partial charge on any atom is -0.380 e. The van der Waals surface area contributed by atoms with Crippen molar-refractivity contribution in [1.82, 2.24) is 49.7 Å². The van der Waals surface area contributed by atoms with E-state index >= 15 is 0 Å². The molecule has 6 heterocycles. The maximum atomic E-state index is 13.5. The number of hydrogen-bond donors (Lipinski definition) is 4. The van der Waals surface area contributed by atoms with Crippen molar-refractivity contribution in [2.45, 2.75) is 75.9 Å². The summed E-state index contributed by atoms with van der Waals surface area (Å²) in [5.74, 6) is 1.72. The third kappa shape index (κ3) is 8.72. The number of anilines is 2. The number of H-pyrrole nitrogens is 2. The maximum Gasteiger partial charge on any atom is 0.246 e. The summed E-state index contributed by atoms with van der Waals surface area (Å²) in [6, 6.07) is 19.0. The number of amides is 2. The molecule has 6 aromatic rings. The number of nitrogens with zero attached hydrogens (tertiary/aromatic N) is 8. The number of aromatic amines is 2. The number of imidazole rings is 2. The lowest BCUT2D eigenvalue weighted by Gasteiger charge is -2.34. The second-order valence-electron chi connectivity index (χ2n) is 15.2. The maximum absolute atomic E-state index is 13.5. The molecular weight excluding hydrogens is 761 g/mol. The lowest BCUT2D eigenvalue weighted by molar-refractivity contribution is -0.127. The van der Waals surface area contributed by atoms with Crippen molar-refractivity contribution in [3.05, 3.63) is 109 Å². The fourth-order valence-electron chi connectivity index (χ4n) is 8.44. The number of likely N-dealkylation sites (tertiary alicyclic amines) is 2. The van der Waals surface area contributed by atoms with Crippen LogP contribution in [-0.2, 0) is 19.1 Å². The fourth-order valence-corrected chi connectivity index (χ4v) is 8.44. The second kappa shape index (κ2) is 18.4. The van der Waals surface area contributed by atoms with Crippen LogP contribution in [0.5, 0.6) is 0 Å². The van der Waals surface area contributed by atoms with Gasteiger partial charge in [0.05, 0.1) is 48.1 Å². The highest BCUT2D eigenvalue weighted by atomic mass is 16.5. The smallest absolute Gasteiger partial charge is 0.246 e. The third-order valence-corrected chi connectivity index (χ3v) is 11.6. The molecule has 4 aromatic heterocycles. The Hall–Kier alpha value is -6.20. The number of carbonyl (C=O) groups excluding carboxylic acids is 2. The van der Waals surface area contributed by atoms with Crippen LogP contribution in [0, 0.1) is 0 Å². The minimum atomic E-state index is -0.558. The SMILES string of the molecule is CO[C@H](C)[C@@H](C(=O)Nc1ncccn1)N1CCCC1c1ncc(-c2ccc(-c3ccc(-c4cnc(C5CCCN5[C@H](C(=O)Nc5ncccn5)[C@@H](C)OC)[nH]4)cc3)cc2)[nH]1. The van der Waals surface area contributed by atoms with Crippen LogP contribution < -0.4 is 10.6 Å². The summed E-state index contributed by atoms with van der Waals surface area (Å²) < 4.78 is 11.4. The van der Waals surface area contributed by atoms with Gasteiger partial charge in [0.25, 0.3) is 0 Å². The molecule has 16 heteroatoms. The highest BCUT2D eigenvalue weighted by molar-refractivity contribution is 5.94. The topological polar surface area (TPSA) is 192 Å². The number of methoxy groups -OCH3 is 2. The first-order valence-electron chi connectivity index (χ1n) is 20.3. The van der Waals surface area contributed by atoms with Gasteiger partial charge in [-0.1, -0.05) is 48.5 Å². The summed E-state index contributed by atoms with van der Waals surface area (Å²) in [4.78, 5) is 64.8. The summed E-state index contributed by atoms with van der Waals surface area (Å²) in [5.41, 5.74) is 6.00. The number of nitrogens with one attached hydrogen (secondary N) is 4. The Kier molecular flexibility index (Phi) is 12.4. The Balaban J connectivity index is 0.927. The number of carbonyl (C=O) groups is 2. The quantitative estimate of drug-likeness (QED) is 0.0938. The summed E-state index contributed by atoms with van der Waals surface area (Å²) in [6.07, 6.45) is 13.0. The Morgan fingerprint density at radius 1 is 0.600 bits per heavy atom. The first-order valence-corrected chi connectivity index (χ1v) is 20.3. The molecule has 0 bridgehead atoms. The predicted molar refractivity (Wildman–Crippen MR) is 226 cm³/mol. The molecule has 8 rings (SSSR count). The Bertz CT molecular complexity index is 2170. The molecule has 2 saturated heterocycles. The number of benzene rings is 2. The van der Waals surface area contributed by atoms with E-state index in [2.05, 4.69) is 98.9 Å². The second-order valence-corrected chi connectivity index (χ2v) is 15.2. The van der Waals surface area contributed by atoms with Gasteiger partial charge in [0.1, 0.15) is 23.7 Å². The molecular formula is C44H50N12O4. The largest absolute Gasteiger partial charge is 0.380 e. The molecule has 2 unspecified atom stereocenters. The van der Waals surface area contributed by atoms with Gasteiger partial charge in [-0.2, -0.15) is 0 Å². The number of rotatable bonds is 15. The molecule has 2 aliphatic heterocycles. The van der Waals surface area contributed by atoms with Crippen LogP contribution >= 0.6 is 0 Å². The standard InChI is InChI=1S/C44H50N12O4/c1-27(59-3)37(41(57)53-43-45-19-7-20-46-43)55-23-5-9-35(55)39-49-25-33(51-39)31-15-11-29(12-16-31)30-13-17-32(18-14-30)34-26-50-40(52-34)36-10-6-24-56(36)38(28(2)60-4)42(58)54-44-47-21-8-22-48-44/h7-8,11-22,25-28,35-38H,5-6,9-10,23-24H2,1-4H3,(H,49,51)(H,50,52)(H,45,46,53,57)(H,47,48,54,58)/t27-,28-,35?,36?,37+,38+/m1/s1. The summed E-state index contributed by atoms with van der Waals surface area (Å²) in [7, 11) is 3.23. The molecule has 0 radical (unpaired) electrons. The first-order chi connectivity index (χ1) is 29.3. The average molecular weight is 811 g/mol. The molecule has 0 spiro atoms. The fraction of sp³-hybridized carbons (Fsp3) is 0.364. The zero-order chi connectivity index (χ0) is 41.6. The highest BCUT2D eigenvalue weighted by Gasteiger charge is 2.42. The van der Waals surface area contributed by atoms with Crippen molar-refractivity contribution in [3.63, 3.8) is 0 Å². The lowest BCUT2D eigenvalue weighted by atomic mass is 10.0. The highest BCUT2D eigenvalue weighted by Crippen LogP contribution is 2.37. The van der Waals surface area contributed by atoms with E-state index < -0.39 is 12.1 Å². The van der Waals surface area contributed by atoms with Crippen LogP contribution in [0.3, 0.4) is 0 Å². The van der Waals surface area contributed by atoms with Crippen LogP contribution in [0.4, 0.5) is 11.9 Å². The predicted octanol–water partition coefficient (Wildman–Crippen LogP) is 6.07. The van der Waals surface area contributed by atoms with Crippen LogP contribution in [0.1, 0.15) is 63.3 Å². The summed E-state index contributed by atoms with van der Waals surface area (Å²) in [5, 5.41) is 5.72. The molecule has 0 saturated carbocycles. The van der Waals surface area contributed by atoms with Crippen molar-refractivity contribution in [2.75, 3.05) is 37.9 Å². The van der Waals surface area contributed by atoms with E-state index in [1.165, 1.54) is 0 Å². The van der Waals surface area contributed by atoms with Crippen molar-refractivity contribution >= 4 is 23.7 Å². The van der Waals surface area contributed by atoms with Gasteiger partial charge in [-0.05, 0) is 87.0 Å². The average Bonchev–Trinajstić information content (AvgIpc) is 4.13. The van der Waals surface area contributed by atoms with Crippen LogP contribution in [0.25, 0.3) is 33.6 Å². The van der Waals surface area contributed by atoms with E-state index in [0.29, 0.717) is 0 Å². The molecule has 310 valence electrons. The van der Waals surface area contributed by atoms with Crippen molar-refractivity contribution in [2.24, 2.45) is 0 Å². The number of ether oxygens (including phenoxy) is 2. The Morgan fingerprint density at radius 2 is 0.967 bits per heavy atom. The van der Waals surface area contributed by atoms with Crippen LogP contribution in [-0.4, -0.2) is 113 Å². The molecule has 2 amide bonds. The van der Waals surface area contributed by atoms with E-state index in [0.717, 1.165) is 84.1 Å². The first kappa shape index (κ1) is 40.6. The molecule has 0 aliphatic carbocycles. The van der Waals surface area contributed by atoms with E-state index in [-0.39, 0.29) is 48.0 Å². The minimum absolute atomic E-state index is 0.0807.